The molecule has 0 aromatic heterocycles. The zero-order chi connectivity index (χ0) is 18.8. The fraction of sp³-hybridized carbons (Fsp3) is 0.667. The molecule has 5 nitrogen and oxygen atoms in total. The van der Waals surface area contributed by atoms with Gasteiger partial charge in [0.05, 0.1) is 0 Å². The fourth-order valence-electron chi connectivity index (χ4n) is 3.15. The Bertz CT molecular complexity index is 530. The Morgan fingerprint density at radius 2 is 1.69 bits per heavy atom. The molecule has 0 amide bonds. The molecule has 1 saturated heterocycles. The van der Waals surface area contributed by atoms with E-state index in [2.05, 4.69) is 70.6 Å². The van der Waals surface area contributed by atoms with E-state index in [0.717, 1.165) is 31.5 Å². The minimum absolute atomic E-state index is 0.760. The van der Waals surface area contributed by atoms with E-state index in [1.54, 1.807) is 0 Å². The molecule has 1 aliphatic rings. The number of nitrogens with one attached hydrogen (secondary N) is 2. The lowest BCUT2D eigenvalue weighted by Crippen LogP contribution is -2.43. The maximum Gasteiger partial charge on any atom is 0.191 e. The van der Waals surface area contributed by atoms with E-state index in [9.17, 15) is 0 Å². The Morgan fingerprint density at radius 3 is 2.31 bits per heavy atom. The SMILES string of the molecule is CN=C(NCCCC(C)C)NCc1ccc(CN2CCN(C)CC2)cc1. The van der Waals surface area contributed by atoms with Gasteiger partial charge in [-0.1, -0.05) is 38.1 Å². The van der Waals surface area contributed by atoms with Crippen LogP contribution in [-0.4, -0.2) is 62.6 Å². The summed E-state index contributed by atoms with van der Waals surface area (Å²) < 4.78 is 0. The zero-order valence-electron chi connectivity index (χ0n) is 17.1. The lowest BCUT2D eigenvalue weighted by atomic mass is 10.1. The number of likely N-dealkylation sites (N-methyl/N-ethyl adjacent to an activating group) is 1. The Balaban J connectivity index is 1.70. The van der Waals surface area contributed by atoms with Crippen molar-refractivity contribution in [2.24, 2.45) is 10.9 Å². The first-order valence-electron chi connectivity index (χ1n) is 10.00. The van der Waals surface area contributed by atoms with Crippen LogP contribution in [0.3, 0.4) is 0 Å². The molecule has 2 rings (SSSR count). The van der Waals surface area contributed by atoms with Crippen LogP contribution < -0.4 is 10.6 Å². The molecular weight excluding hydrogens is 322 g/mol. The van der Waals surface area contributed by atoms with Crippen LogP contribution in [0, 0.1) is 5.92 Å². The number of rotatable bonds is 8. The first kappa shape index (κ1) is 20.7. The topological polar surface area (TPSA) is 42.9 Å². The van der Waals surface area contributed by atoms with Gasteiger partial charge in [0.1, 0.15) is 0 Å². The first-order chi connectivity index (χ1) is 12.6. The third-order valence-corrected chi connectivity index (χ3v) is 4.96. The van der Waals surface area contributed by atoms with Crippen molar-refractivity contribution in [3.8, 4) is 0 Å². The molecule has 5 heteroatoms. The van der Waals surface area contributed by atoms with Crippen molar-refractivity contribution in [3.63, 3.8) is 0 Å². The minimum atomic E-state index is 0.760. The smallest absolute Gasteiger partial charge is 0.191 e. The van der Waals surface area contributed by atoms with Crippen LogP contribution in [0.1, 0.15) is 37.8 Å². The Hall–Kier alpha value is -1.59. The predicted molar refractivity (Wildman–Crippen MR) is 111 cm³/mol. The lowest BCUT2D eigenvalue weighted by Gasteiger charge is -2.32. The van der Waals surface area contributed by atoms with Gasteiger partial charge < -0.3 is 15.5 Å². The van der Waals surface area contributed by atoms with Crippen molar-refractivity contribution < 1.29 is 0 Å². The number of benzene rings is 1. The quantitative estimate of drug-likeness (QED) is 0.425. The summed E-state index contributed by atoms with van der Waals surface area (Å²) in [6, 6.07) is 8.97. The molecule has 1 heterocycles. The standard InChI is InChI=1S/C21H37N5/c1-18(2)6-5-11-23-21(22-3)24-16-19-7-9-20(10-8-19)17-26-14-12-25(4)13-15-26/h7-10,18H,5-6,11-17H2,1-4H3,(H2,22,23,24). The summed E-state index contributed by atoms with van der Waals surface area (Å²) in [7, 11) is 4.03. The first-order valence-corrected chi connectivity index (χ1v) is 10.00. The number of nitrogens with zero attached hydrogens (tertiary/aromatic N) is 3. The van der Waals surface area contributed by atoms with E-state index in [0.29, 0.717) is 0 Å². The number of piperazine rings is 1. The molecular formula is C21H37N5. The van der Waals surface area contributed by atoms with Gasteiger partial charge in [0, 0.05) is 52.9 Å². The molecule has 146 valence electrons. The minimum Gasteiger partial charge on any atom is -0.356 e. The molecule has 0 unspecified atom stereocenters. The van der Waals surface area contributed by atoms with Crippen LogP contribution in [-0.2, 0) is 13.1 Å². The highest BCUT2D eigenvalue weighted by molar-refractivity contribution is 5.79. The van der Waals surface area contributed by atoms with Crippen LogP contribution in [0.5, 0.6) is 0 Å². The molecule has 0 aliphatic carbocycles. The van der Waals surface area contributed by atoms with Gasteiger partial charge in [-0.15, -0.1) is 0 Å². The third-order valence-electron chi connectivity index (χ3n) is 4.96. The number of hydrogen-bond acceptors (Lipinski definition) is 3. The average Bonchev–Trinajstić information content (AvgIpc) is 2.64. The molecule has 0 bridgehead atoms. The second kappa shape index (κ2) is 11.2. The van der Waals surface area contributed by atoms with Crippen LogP contribution in [0.25, 0.3) is 0 Å². The van der Waals surface area contributed by atoms with E-state index >= 15 is 0 Å². The molecule has 0 spiro atoms. The number of aliphatic imine (C=N–C) groups is 1. The maximum atomic E-state index is 4.30. The van der Waals surface area contributed by atoms with Gasteiger partial charge in [0.15, 0.2) is 5.96 Å². The van der Waals surface area contributed by atoms with E-state index in [1.165, 1.54) is 50.1 Å². The zero-order valence-corrected chi connectivity index (χ0v) is 17.1. The molecule has 1 aliphatic heterocycles. The molecule has 26 heavy (non-hydrogen) atoms. The highest BCUT2D eigenvalue weighted by atomic mass is 15.2. The monoisotopic (exact) mass is 359 g/mol. The molecule has 1 aromatic rings. The second-order valence-corrected chi connectivity index (χ2v) is 7.78. The molecule has 1 fully saturated rings. The summed E-state index contributed by atoms with van der Waals surface area (Å²) in [6.07, 6.45) is 2.43. The molecule has 1 aromatic carbocycles. The van der Waals surface area contributed by atoms with Crippen molar-refractivity contribution in [3.05, 3.63) is 35.4 Å². The van der Waals surface area contributed by atoms with Crippen LogP contribution in [0.4, 0.5) is 0 Å². The van der Waals surface area contributed by atoms with Crippen LogP contribution in [0.15, 0.2) is 29.3 Å². The van der Waals surface area contributed by atoms with Crippen molar-refractivity contribution in [2.45, 2.75) is 39.8 Å². The highest BCUT2D eigenvalue weighted by Gasteiger charge is 2.13. The number of hydrogen-bond donors (Lipinski definition) is 2. The van der Waals surface area contributed by atoms with Gasteiger partial charge in [0.2, 0.25) is 0 Å². The van der Waals surface area contributed by atoms with Crippen LogP contribution in [0.2, 0.25) is 0 Å². The van der Waals surface area contributed by atoms with Crippen molar-refractivity contribution >= 4 is 5.96 Å². The molecule has 0 atom stereocenters. The summed E-state index contributed by atoms with van der Waals surface area (Å²) in [5, 5.41) is 6.79. The van der Waals surface area contributed by atoms with Crippen molar-refractivity contribution in [2.75, 3.05) is 46.8 Å². The van der Waals surface area contributed by atoms with Gasteiger partial charge in [-0.2, -0.15) is 0 Å². The van der Waals surface area contributed by atoms with Crippen molar-refractivity contribution in [1.82, 2.24) is 20.4 Å². The largest absolute Gasteiger partial charge is 0.356 e. The Kier molecular flexibility index (Phi) is 8.92. The predicted octanol–water partition coefficient (Wildman–Crippen LogP) is 2.54. The van der Waals surface area contributed by atoms with E-state index in [-0.39, 0.29) is 0 Å². The van der Waals surface area contributed by atoms with Gasteiger partial charge in [-0.05, 0) is 36.9 Å². The second-order valence-electron chi connectivity index (χ2n) is 7.78. The third kappa shape index (κ3) is 7.75. The Morgan fingerprint density at radius 1 is 1.04 bits per heavy atom. The summed E-state index contributed by atoms with van der Waals surface area (Å²) in [5.41, 5.74) is 2.69. The van der Waals surface area contributed by atoms with Gasteiger partial charge in [-0.3, -0.25) is 9.89 Å². The lowest BCUT2D eigenvalue weighted by molar-refractivity contribution is 0.148. The summed E-state index contributed by atoms with van der Waals surface area (Å²) in [4.78, 5) is 9.24. The van der Waals surface area contributed by atoms with E-state index < -0.39 is 0 Å². The van der Waals surface area contributed by atoms with E-state index in [1.807, 2.05) is 7.05 Å². The summed E-state index contributed by atoms with van der Waals surface area (Å²) >= 11 is 0. The van der Waals surface area contributed by atoms with Gasteiger partial charge >= 0.3 is 0 Å². The van der Waals surface area contributed by atoms with Gasteiger partial charge in [-0.25, -0.2) is 0 Å². The maximum absolute atomic E-state index is 4.30. The highest BCUT2D eigenvalue weighted by Crippen LogP contribution is 2.09. The van der Waals surface area contributed by atoms with Gasteiger partial charge in [0.25, 0.3) is 0 Å². The average molecular weight is 360 g/mol. The Labute approximate surface area is 159 Å². The normalized spacial score (nSPS) is 16.9. The number of guanidine groups is 1. The summed E-state index contributed by atoms with van der Waals surface area (Å²) in [5.74, 6) is 1.64. The summed E-state index contributed by atoms with van der Waals surface area (Å²) in [6.45, 7) is 12.0. The van der Waals surface area contributed by atoms with Crippen LogP contribution >= 0.6 is 0 Å². The fourth-order valence-corrected chi connectivity index (χ4v) is 3.15. The molecule has 0 radical (unpaired) electrons. The van der Waals surface area contributed by atoms with E-state index in [4.69, 9.17) is 0 Å². The van der Waals surface area contributed by atoms with Crippen molar-refractivity contribution in [1.29, 1.82) is 0 Å². The molecule has 0 saturated carbocycles. The molecule has 2 N–H and O–H groups in total.